The second kappa shape index (κ2) is 6.16. The van der Waals surface area contributed by atoms with E-state index in [1.807, 2.05) is 6.20 Å². The van der Waals surface area contributed by atoms with Gasteiger partial charge in [-0.15, -0.1) is 11.3 Å². The van der Waals surface area contributed by atoms with Crippen molar-refractivity contribution in [2.24, 2.45) is 11.3 Å². The Labute approximate surface area is 115 Å². The fraction of sp³-hybridized carbons (Fsp3) is 0.800. The molecule has 0 aromatic carbocycles. The minimum Gasteiger partial charge on any atom is -0.314 e. The smallest absolute Gasteiger partial charge is 0.0940 e. The normalized spacial score (nSPS) is 21.9. The quantitative estimate of drug-likeness (QED) is 0.875. The molecule has 1 heterocycles. The van der Waals surface area contributed by atoms with E-state index in [-0.39, 0.29) is 0 Å². The molecule has 0 amide bonds. The molecule has 1 atom stereocenters. The topological polar surface area (TPSA) is 24.9 Å². The van der Waals surface area contributed by atoms with Crippen molar-refractivity contribution in [1.29, 1.82) is 0 Å². The van der Waals surface area contributed by atoms with Crippen molar-refractivity contribution in [3.8, 4) is 0 Å². The SMILES string of the molecule is CCNC(Cc1nccs1)C1CCC(C)(C)CC1. The molecule has 1 aromatic heterocycles. The summed E-state index contributed by atoms with van der Waals surface area (Å²) in [4.78, 5) is 4.44. The van der Waals surface area contributed by atoms with Crippen LogP contribution in [-0.2, 0) is 6.42 Å². The van der Waals surface area contributed by atoms with Crippen LogP contribution in [0.25, 0.3) is 0 Å². The molecule has 0 bridgehead atoms. The predicted octanol–water partition coefficient (Wildman–Crippen LogP) is 3.88. The van der Waals surface area contributed by atoms with E-state index in [9.17, 15) is 0 Å². The van der Waals surface area contributed by atoms with Crippen LogP contribution < -0.4 is 5.32 Å². The molecule has 1 saturated carbocycles. The maximum Gasteiger partial charge on any atom is 0.0940 e. The number of hydrogen-bond donors (Lipinski definition) is 1. The lowest BCUT2D eigenvalue weighted by Crippen LogP contribution is -2.40. The Kier molecular flexibility index (Phi) is 4.79. The number of nitrogens with one attached hydrogen (secondary N) is 1. The van der Waals surface area contributed by atoms with Gasteiger partial charge in [0, 0.05) is 24.0 Å². The van der Waals surface area contributed by atoms with Crippen LogP contribution in [0, 0.1) is 11.3 Å². The van der Waals surface area contributed by atoms with Gasteiger partial charge in [-0.1, -0.05) is 20.8 Å². The highest BCUT2D eigenvalue weighted by Crippen LogP contribution is 2.39. The minimum atomic E-state index is 0.564. The van der Waals surface area contributed by atoms with Crippen molar-refractivity contribution in [3.63, 3.8) is 0 Å². The lowest BCUT2D eigenvalue weighted by Gasteiger charge is -2.38. The van der Waals surface area contributed by atoms with Crippen LogP contribution in [-0.4, -0.2) is 17.6 Å². The van der Waals surface area contributed by atoms with E-state index in [1.54, 1.807) is 11.3 Å². The summed E-state index contributed by atoms with van der Waals surface area (Å²) < 4.78 is 0. The second-order valence-corrected chi connectivity index (χ2v) is 7.27. The van der Waals surface area contributed by atoms with Crippen LogP contribution in [0.15, 0.2) is 11.6 Å². The number of hydrogen-bond acceptors (Lipinski definition) is 3. The first-order valence-corrected chi connectivity index (χ1v) is 8.10. The summed E-state index contributed by atoms with van der Waals surface area (Å²) in [5.74, 6) is 0.835. The maximum absolute atomic E-state index is 4.44. The van der Waals surface area contributed by atoms with Gasteiger partial charge in [-0.2, -0.15) is 0 Å². The molecule has 0 spiro atoms. The molecule has 18 heavy (non-hydrogen) atoms. The predicted molar refractivity (Wildman–Crippen MR) is 79.0 cm³/mol. The molecule has 0 radical (unpaired) electrons. The van der Waals surface area contributed by atoms with Gasteiger partial charge in [-0.05, 0) is 43.6 Å². The van der Waals surface area contributed by atoms with Gasteiger partial charge in [0.15, 0.2) is 0 Å². The summed E-state index contributed by atoms with van der Waals surface area (Å²) >= 11 is 1.79. The highest BCUT2D eigenvalue weighted by atomic mass is 32.1. The monoisotopic (exact) mass is 266 g/mol. The van der Waals surface area contributed by atoms with Crippen LogP contribution in [0.4, 0.5) is 0 Å². The second-order valence-electron chi connectivity index (χ2n) is 6.30. The van der Waals surface area contributed by atoms with E-state index in [0.717, 1.165) is 18.9 Å². The summed E-state index contributed by atoms with van der Waals surface area (Å²) in [7, 11) is 0. The van der Waals surface area contributed by atoms with Crippen molar-refractivity contribution in [1.82, 2.24) is 10.3 Å². The van der Waals surface area contributed by atoms with Crippen LogP contribution in [0.2, 0.25) is 0 Å². The molecule has 3 heteroatoms. The third kappa shape index (κ3) is 3.79. The molecule has 1 fully saturated rings. The molecule has 2 nitrogen and oxygen atoms in total. The van der Waals surface area contributed by atoms with Gasteiger partial charge in [0.25, 0.3) is 0 Å². The largest absolute Gasteiger partial charge is 0.314 e. The van der Waals surface area contributed by atoms with Gasteiger partial charge >= 0.3 is 0 Å². The highest BCUT2D eigenvalue weighted by molar-refractivity contribution is 7.09. The summed E-state index contributed by atoms with van der Waals surface area (Å²) in [5, 5.41) is 7.05. The third-order valence-corrected chi connectivity index (χ3v) is 5.10. The Hall–Kier alpha value is -0.410. The molecule has 1 aromatic rings. The zero-order valence-corrected chi connectivity index (χ0v) is 12.7. The minimum absolute atomic E-state index is 0.564. The van der Waals surface area contributed by atoms with E-state index in [1.165, 1.54) is 30.7 Å². The molecule has 2 rings (SSSR count). The first-order chi connectivity index (χ1) is 8.61. The number of likely N-dealkylation sites (N-methyl/N-ethyl adjacent to an activating group) is 1. The Morgan fingerprint density at radius 1 is 1.44 bits per heavy atom. The summed E-state index contributed by atoms with van der Waals surface area (Å²) in [5.41, 5.74) is 0.564. The number of aromatic nitrogens is 1. The van der Waals surface area contributed by atoms with E-state index in [0.29, 0.717) is 11.5 Å². The fourth-order valence-electron chi connectivity index (χ4n) is 3.03. The lowest BCUT2D eigenvalue weighted by atomic mass is 9.70. The van der Waals surface area contributed by atoms with Crippen LogP contribution >= 0.6 is 11.3 Å². The molecule has 0 saturated heterocycles. The standard InChI is InChI=1S/C15H26N2S/c1-4-16-13(11-14-17-9-10-18-14)12-5-7-15(2,3)8-6-12/h9-10,12-13,16H,4-8,11H2,1-3H3. The van der Waals surface area contributed by atoms with Crippen molar-refractivity contribution in [3.05, 3.63) is 16.6 Å². The molecular weight excluding hydrogens is 240 g/mol. The van der Waals surface area contributed by atoms with Crippen molar-refractivity contribution >= 4 is 11.3 Å². The Bertz CT molecular complexity index is 335. The molecular formula is C15H26N2S. The highest BCUT2D eigenvalue weighted by Gasteiger charge is 2.31. The van der Waals surface area contributed by atoms with Crippen LogP contribution in [0.5, 0.6) is 0 Å². The van der Waals surface area contributed by atoms with Crippen LogP contribution in [0.3, 0.4) is 0 Å². The van der Waals surface area contributed by atoms with E-state index in [4.69, 9.17) is 0 Å². The van der Waals surface area contributed by atoms with Gasteiger partial charge in [0.05, 0.1) is 5.01 Å². The van der Waals surface area contributed by atoms with Crippen LogP contribution in [0.1, 0.15) is 51.5 Å². The fourth-order valence-corrected chi connectivity index (χ4v) is 3.71. The number of nitrogens with zero attached hydrogens (tertiary/aromatic N) is 1. The third-order valence-electron chi connectivity index (χ3n) is 4.30. The summed E-state index contributed by atoms with van der Waals surface area (Å²) in [6.07, 6.45) is 8.52. The zero-order valence-electron chi connectivity index (χ0n) is 11.9. The molecule has 0 aliphatic heterocycles. The van der Waals surface area contributed by atoms with Gasteiger partial charge in [0.1, 0.15) is 0 Å². The van der Waals surface area contributed by atoms with Crippen molar-refractivity contribution in [2.45, 2.75) is 58.9 Å². The van der Waals surface area contributed by atoms with E-state index < -0.39 is 0 Å². The average Bonchev–Trinajstić information content (AvgIpc) is 2.81. The first-order valence-electron chi connectivity index (χ1n) is 7.22. The summed E-state index contributed by atoms with van der Waals surface area (Å²) in [6, 6.07) is 0.622. The molecule has 1 unspecified atom stereocenters. The first kappa shape index (κ1) is 14.0. The van der Waals surface area contributed by atoms with Gasteiger partial charge in [-0.25, -0.2) is 4.98 Å². The Morgan fingerprint density at radius 2 is 2.17 bits per heavy atom. The Morgan fingerprint density at radius 3 is 2.72 bits per heavy atom. The molecule has 102 valence electrons. The van der Waals surface area contributed by atoms with Gasteiger partial charge in [0.2, 0.25) is 0 Å². The van der Waals surface area contributed by atoms with Crippen molar-refractivity contribution in [2.75, 3.05) is 6.54 Å². The molecule has 1 N–H and O–H groups in total. The zero-order chi connectivity index (χ0) is 13.0. The van der Waals surface area contributed by atoms with E-state index in [2.05, 4.69) is 36.5 Å². The average molecular weight is 266 g/mol. The van der Waals surface area contributed by atoms with Crippen molar-refractivity contribution < 1.29 is 0 Å². The molecule has 1 aliphatic rings. The Balaban J connectivity index is 1.93. The number of rotatable bonds is 5. The number of thiazole rings is 1. The van der Waals surface area contributed by atoms with Gasteiger partial charge in [-0.3, -0.25) is 0 Å². The van der Waals surface area contributed by atoms with E-state index >= 15 is 0 Å². The lowest BCUT2D eigenvalue weighted by molar-refractivity contribution is 0.161. The summed E-state index contributed by atoms with van der Waals surface area (Å²) in [6.45, 7) is 8.09. The van der Waals surface area contributed by atoms with Gasteiger partial charge < -0.3 is 5.32 Å². The molecule has 1 aliphatic carbocycles. The maximum atomic E-state index is 4.44.